The first kappa shape index (κ1) is 10.3. The number of pyridine rings is 1. The summed E-state index contributed by atoms with van der Waals surface area (Å²) in [6.07, 6.45) is 3.02. The van der Waals surface area contributed by atoms with Crippen molar-refractivity contribution < 1.29 is 0 Å². The molecule has 1 aromatic rings. The third-order valence-corrected chi connectivity index (χ3v) is 2.96. The smallest absolute Gasteiger partial charge is 0.149 e. The molecule has 0 aromatic carbocycles. The molecule has 0 spiro atoms. The standard InChI is InChI=1S/C12H19N3/c1-4-9-7-14-12-11(15-9)10(8(2)3)5-6-13-12/h5-6,8-9,15H,4,7H2,1-3H3,(H,13,14)/t9-/m1/s1. The maximum atomic E-state index is 4.36. The van der Waals surface area contributed by atoms with Crippen LogP contribution >= 0.6 is 0 Å². The molecule has 0 saturated carbocycles. The summed E-state index contributed by atoms with van der Waals surface area (Å²) in [6.45, 7) is 7.60. The van der Waals surface area contributed by atoms with Crippen LogP contribution in [0.4, 0.5) is 11.5 Å². The number of nitrogens with zero attached hydrogens (tertiary/aromatic N) is 1. The minimum atomic E-state index is 0.527. The zero-order valence-electron chi connectivity index (χ0n) is 9.67. The third-order valence-electron chi connectivity index (χ3n) is 2.96. The molecule has 2 N–H and O–H groups in total. The molecular formula is C12H19N3. The van der Waals surface area contributed by atoms with Gasteiger partial charge in [-0.05, 0) is 24.0 Å². The lowest BCUT2D eigenvalue weighted by Crippen LogP contribution is -2.33. The lowest BCUT2D eigenvalue weighted by molar-refractivity contribution is 0.703. The minimum Gasteiger partial charge on any atom is -0.377 e. The normalized spacial score (nSPS) is 19.3. The van der Waals surface area contributed by atoms with E-state index in [-0.39, 0.29) is 0 Å². The Hall–Kier alpha value is -1.25. The van der Waals surface area contributed by atoms with Crippen LogP contribution in [-0.4, -0.2) is 17.6 Å². The maximum absolute atomic E-state index is 4.36. The van der Waals surface area contributed by atoms with Crippen molar-refractivity contribution in [3.8, 4) is 0 Å². The van der Waals surface area contributed by atoms with Crippen LogP contribution in [0.1, 0.15) is 38.7 Å². The summed E-state index contributed by atoms with van der Waals surface area (Å²) >= 11 is 0. The van der Waals surface area contributed by atoms with Crippen LogP contribution in [0.15, 0.2) is 12.3 Å². The van der Waals surface area contributed by atoms with Crippen molar-refractivity contribution in [3.05, 3.63) is 17.8 Å². The van der Waals surface area contributed by atoms with E-state index in [1.165, 1.54) is 11.3 Å². The molecule has 3 nitrogen and oxygen atoms in total. The molecule has 0 unspecified atom stereocenters. The van der Waals surface area contributed by atoms with Gasteiger partial charge < -0.3 is 10.6 Å². The van der Waals surface area contributed by atoms with Gasteiger partial charge in [-0.15, -0.1) is 0 Å². The number of aromatic nitrogens is 1. The molecule has 0 fully saturated rings. The Morgan fingerprint density at radius 3 is 3.00 bits per heavy atom. The highest BCUT2D eigenvalue weighted by molar-refractivity contribution is 5.71. The van der Waals surface area contributed by atoms with Crippen molar-refractivity contribution in [2.24, 2.45) is 0 Å². The van der Waals surface area contributed by atoms with Crippen LogP contribution in [0.25, 0.3) is 0 Å². The second-order valence-electron chi connectivity index (χ2n) is 4.41. The van der Waals surface area contributed by atoms with Crippen molar-refractivity contribution in [3.63, 3.8) is 0 Å². The van der Waals surface area contributed by atoms with Gasteiger partial charge in [0.25, 0.3) is 0 Å². The Kier molecular flexibility index (Phi) is 2.80. The molecule has 2 heterocycles. The molecule has 0 radical (unpaired) electrons. The Morgan fingerprint density at radius 1 is 1.53 bits per heavy atom. The van der Waals surface area contributed by atoms with Gasteiger partial charge >= 0.3 is 0 Å². The van der Waals surface area contributed by atoms with E-state index in [1.807, 2.05) is 6.20 Å². The second-order valence-corrected chi connectivity index (χ2v) is 4.41. The average Bonchev–Trinajstić information content (AvgIpc) is 2.27. The lowest BCUT2D eigenvalue weighted by atomic mass is 10.0. The van der Waals surface area contributed by atoms with Crippen LogP contribution in [0, 0.1) is 0 Å². The van der Waals surface area contributed by atoms with Crippen molar-refractivity contribution in [1.29, 1.82) is 0 Å². The summed E-state index contributed by atoms with van der Waals surface area (Å²) in [4.78, 5) is 4.36. The Morgan fingerprint density at radius 2 is 2.33 bits per heavy atom. The predicted octanol–water partition coefficient (Wildman–Crippen LogP) is 2.82. The summed E-state index contributed by atoms with van der Waals surface area (Å²) in [6, 6.07) is 2.63. The van der Waals surface area contributed by atoms with Gasteiger partial charge in [0.2, 0.25) is 0 Å². The van der Waals surface area contributed by atoms with E-state index in [0.717, 1.165) is 18.8 Å². The average molecular weight is 205 g/mol. The minimum absolute atomic E-state index is 0.527. The van der Waals surface area contributed by atoms with E-state index in [0.29, 0.717) is 12.0 Å². The first-order valence-corrected chi connectivity index (χ1v) is 5.71. The fraction of sp³-hybridized carbons (Fsp3) is 0.583. The summed E-state index contributed by atoms with van der Waals surface area (Å²) in [5.41, 5.74) is 2.55. The summed E-state index contributed by atoms with van der Waals surface area (Å²) in [5, 5.41) is 6.96. The van der Waals surface area contributed by atoms with Gasteiger partial charge in [0.1, 0.15) is 5.82 Å². The van der Waals surface area contributed by atoms with Crippen LogP contribution < -0.4 is 10.6 Å². The second kappa shape index (κ2) is 4.09. The van der Waals surface area contributed by atoms with Crippen molar-refractivity contribution in [2.45, 2.75) is 39.2 Å². The summed E-state index contributed by atoms with van der Waals surface area (Å²) in [7, 11) is 0. The highest BCUT2D eigenvalue weighted by atomic mass is 15.1. The molecule has 15 heavy (non-hydrogen) atoms. The Bertz CT molecular complexity index is 347. The van der Waals surface area contributed by atoms with E-state index in [1.54, 1.807) is 0 Å². The van der Waals surface area contributed by atoms with Gasteiger partial charge in [0, 0.05) is 18.8 Å². The molecule has 3 heteroatoms. The summed E-state index contributed by atoms with van der Waals surface area (Å²) in [5.74, 6) is 1.54. The number of fused-ring (bicyclic) bond motifs is 1. The SMILES string of the molecule is CC[C@@H]1CNc2nccc(C(C)C)c2N1. The number of nitrogens with one attached hydrogen (secondary N) is 2. The van der Waals surface area contributed by atoms with Crippen LogP contribution in [0.2, 0.25) is 0 Å². The molecular weight excluding hydrogens is 186 g/mol. The zero-order chi connectivity index (χ0) is 10.8. The van der Waals surface area contributed by atoms with Gasteiger partial charge in [-0.1, -0.05) is 20.8 Å². The molecule has 0 amide bonds. The quantitative estimate of drug-likeness (QED) is 0.779. The largest absolute Gasteiger partial charge is 0.377 e. The lowest BCUT2D eigenvalue weighted by Gasteiger charge is -2.29. The van der Waals surface area contributed by atoms with E-state index < -0.39 is 0 Å². The fourth-order valence-electron chi connectivity index (χ4n) is 1.96. The predicted molar refractivity (Wildman–Crippen MR) is 64.5 cm³/mol. The van der Waals surface area contributed by atoms with Gasteiger partial charge in [-0.25, -0.2) is 4.98 Å². The molecule has 0 saturated heterocycles. The van der Waals surface area contributed by atoms with E-state index in [4.69, 9.17) is 0 Å². The van der Waals surface area contributed by atoms with Gasteiger partial charge in [0.05, 0.1) is 5.69 Å². The number of rotatable bonds is 2. The fourth-order valence-corrected chi connectivity index (χ4v) is 1.96. The Balaban J connectivity index is 2.36. The molecule has 2 rings (SSSR count). The number of anilines is 2. The van der Waals surface area contributed by atoms with E-state index >= 15 is 0 Å². The summed E-state index contributed by atoms with van der Waals surface area (Å²) < 4.78 is 0. The molecule has 1 aliphatic heterocycles. The van der Waals surface area contributed by atoms with Crippen LogP contribution in [0.3, 0.4) is 0 Å². The molecule has 1 atom stereocenters. The van der Waals surface area contributed by atoms with Crippen LogP contribution in [0.5, 0.6) is 0 Å². The van der Waals surface area contributed by atoms with Gasteiger partial charge in [-0.2, -0.15) is 0 Å². The third kappa shape index (κ3) is 1.91. The van der Waals surface area contributed by atoms with Gasteiger partial charge in [0.15, 0.2) is 0 Å². The van der Waals surface area contributed by atoms with Crippen LogP contribution in [-0.2, 0) is 0 Å². The van der Waals surface area contributed by atoms with Crippen molar-refractivity contribution in [1.82, 2.24) is 4.98 Å². The molecule has 82 valence electrons. The monoisotopic (exact) mass is 205 g/mol. The molecule has 1 aromatic heterocycles. The van der Waals surface area contributed by atoms with Gasteiger partial charge in [-0.3, -0.25) is 0 Å². The van der Waals surface area contributed by atoms with E-state index in [9.17, 15) is 0 Å². The maximum Gasteiger partial charge on any atom is 0.149 e. The highest BCUT2D eigenvalue weighted by Crippen LogP contribution is 2.32. The van der Waals surface area contributed by atoms with E-state index in [2.05, 4.69) is 42.5 Å². The highest BCUT2D eigenvalue weighted by Gasteiger charge is 2.20. The zero-order valence-corrected chi connectivity index (χ0v) is 9.67. The van der Waals surface area contributed by atoms with Crippen molar-refractivity contribution in [2.75, 3.05) is 17.2 Å². The number of hydrogen-bond donors (Lipinski definition) is 2. The molecule has 1 aliphatic rings. The Labute approximate surface area is 91.3 Å². The molecule has 0 bridgehead atoms. The number of hydrogen-bond acceptors (Lipinski definition) is 3. The first-order chi connectivity index (χ1) is 7.22. The van der Waals surface area contributed by atoms with Crippen molar-refractivity contribution >= 4 is 11.5 Å². The first-order valence-electron chi connectivity index (χ1n) is 5.71. The molecule has 0 aliphatic carbocycles. The topological polar surface area (TPSA) is 37.0 Å².